The molecule has 5 nitrogen and oxygen atoms in total. The summed E-state index contributed by atoms with van der Waals surface area (Å²) in [6.45, 7) is 1.87. The Labute approximate surface area is 152 Å². The van der Waals surface area contributed by atoms with E-state index < -0.39 is 4.92 Å². The second-order valence-electron chi connectivity index (χ2n) is 6.39. The van der Waals surface area contributed by atoms with Crippen molar-refractivity contribution in [3.05, 3.63) is 88.0 Å². The highest BCUT2D eigenvalue weighted by Crippen LogP contribution is 2.24. The van der Waals surface area contributed by atoms with Gasteiger partial charge in [0.1, 0.15) is 0 Å². The van der Waals surface area contributed by atoms with Crippen molar-refractivity contribution >= 4 is 22.4 Å². The molecule has 0 unspecified atom stereocenters. The predicted octanol–water partition coefficient (Wildman–Crippen LogP) is 4.51. The highest BCUT2D eigenvalue weighted by molar-refractivity contribution is 5.85. The second-order valence-corrected chi connectivity index (χ2v) is 6.39. The number of fused-ring (bicyclic) bond motifs is 1. The number of likely N-dealkylation sites (N-methyl/N-ethyl adjacent to an activating group) is 1. The van der Waals surface area contributed by atoms with Gasteiger partial charge >= 0.3 is 0 Å². The molecule has 1 amide bonds. The molecule has 0 spiro atoms. The van der Waals surface area contributed by atoms with E-state index in [-0.39, 0.29) is 17.6 Å². The lowest BCUT2D eigenvalue weighted by Gasteiger charge is -2.25. The summed E-state index contributed by atoms with van der Waals surface area (Å²) in [7, 11) is 1.73. The molecule has 132 valence electrons. The summed E-state index contributed by atoms with van der Waals surface area (Å²) in [6, 6.07) is 20.2. The van der Waals surface area contributed by atoms with Crippen LogP contribution in [0.3, 0.4) is 0 Å². The zero-order valence-corrected chi connectivity index (χ0v) is 14.8. The molecule has 0 fully saturated rings. The van der Waals surface area contributed by atoms with Crippen molar-refractivity contribution in [3.8, 4) is 0 Å². The molecule has 0 N–H and O–H groups in total. The Bertz CT molecular complexity index is 968. The molecule has 0 aliphatic rings. The van der Waals surface area contributed by atoms with Crippen LogP contribution in [0.15, 0.2) is 66.7 Å². The maximum Gasteiger partial charge on any atom is 0.269 e. The zero-order chi connectivity index (χ0) is 18.7. The lowest BCUT2D eigenvalue weighted by atomic mass is 10.0. The lowest BCUT2D eigenvalue weighted by Crippen LogP contribution is -2.31. The molecular weight excluding hydrogens is 328 g/mol. The zero-order valence-electron chi connectivity index (χ0n) is 14.8. The van der Waals surface area contributed by atoms with E-state index in [1.54, 1.807) is 24.1 Å². The largest absolute Gasteiger partial charge is 0.339 e. The molecule has 0 aliphatic heterocycles. The fourth-order valence-electron chi connectivity index (χ4n) is 2.99. The Balaban J connectivity index is 1.75. The first-order chi connectivity index (χ1) is 12.5. The molecule has 0 saturated carbocycles. The highest BCUT2D eigenvalue weighted by atomic mass is 16.6. The molecule has 0 aliphatic carbocycles. The molecular formula is C21H20N2O3. The molecule has 3 aromatic rings. The third-order valence-corrected chi connectivity index (χ3v) is 4.71. The molecule has 0 bridgehead atoms. The second kappa shape index (κ2) is 7.35. The summed E-state index contributed by atoms with van der Waals surface area (Å²) in [5.74, 6) is -0.0284. The van der Waals surface area contributed by atoms with E-state index in [0.717, 1.165) is 21.9 Å². The van der Waals surface area contributed by atoms with Gasteiger partial charge in [-0.05, 0) is 28.8 Å². The Morgan fingerprint density at radius 1 is 1.04 bits per heavy atom. The van der Waals surface area contributed by atoms with E-state index in [1.165, 1.54) is 12.1 Å². The average molecular weight is 348 g/mol. The number of non-ortho nitro benzene ring substituents is 1. The van der Waals surface area contributed by atoms with Crippen LogP contribution < -0.4 is 0 Å². The molecule has 0 saturated heterocycles. The standard InChI is InChI=1S/C21H20N2O3/c1-15(18-8-5-9-20(14-18)23(25)26)22(2)21(24)13-16-10-11-17-6-3-4-7-19(17)12-16/h3-12,14-15H,13H2,1-2H3/t15-/m0/s1. The van der Waals surface area contributed by atoms with E-state index in [1.807, 2.05) is 49.4 Å². The first-order valence-corrected chi connectivity index (χ1v) is 8.43. The summed E-state index contributed by atoms with van der Waals surface area (Å²) in [5.41, 5.74) is 1.73. The van der Waals surface area contributed by atoms with Crippen molar-refractivity contribution in [3.63, 3.8) is 0 Å². The van der Waals surface area contributed by atoms with Crippen molar-refractivity contribution in [2.45, 2.75) is 19.4 Å². The van der Waals surface area contributed by atoms with E-state index in [0.29, 0.717) is 6.42 Å². The summed E-state index contributed by atoms with van der Waals surface area (Å²) in [6.07, 6.45) is 0.292. The van der Waals surface area contributed by atoms with Crippen LogP contribution >= 0.6 is 0 Å². The van der Waals surface area contributed by atoms with Gasteiger partial charge in [-0.25, -0.2) is 0 Å². The number of nitro benzene ring substituents is 1. The minimum Gasteiger partial charge on any atom is -0.339 e. The summed E-state index contributed by atoms with van der Waals surface area (Å²) in [4.78, 5) is 24.8. The fourth-order valence-corrected chi connectivity index (χ4v) is 2.99. The third kappa shape index (κ3) is 3.72. The molecule has 26 heavy (non-hydrogen) atoms. The molecule has 5 heteroatoms. The van der Waals surface area contributed by atoms with E-state index in [9.17, 15) is 14.9 Å². The van der Waals surface area contributed by atoms with Crippen LogP contribution in [0.25, 0.3) is 10.8 Å². The van der Waals surface area contributed by atoms with Crippen molar-refractivity contribution in [1.82, 2.24) is 4.90 Å². The van der Waals surface area contributed by atoms with Gasteiger partial charge in [0, 0.05) is 19.2 Å². The average Bonchev–Trinajstić information content (AvgIpc) is 2.66. The summed E-state index contributed by atoms with van der Waals surface area (Å²) in [5, 5.41) is 13.2. The summed E-state index contributed by atoms with van der Waals surface area (Å²) >= 11 is 0. The molecule has 3 rings (SSSR count). The van der Waals surface area contributed by atoms with E-state index in [2.05, 4.69) is 0 Å². The number of carbonyl (C=O) groups excluding carboxylic acids is 1. The minimum absolute atomic E-state index is 0.0284. The van der Waals surface area contributed by atoms with Gasteiger partial charge in [-0.3, -0.25) is 14.9 Å². The maximum atomic E-state index is 12.7. The van der Waals surface area contributed by atoms with Crippen molar-refractivity contribution in [2.24, 2.45) is 0 Å². The number of benzene rings is 3. The molecule has 0 aromatic heterocycles. The predicted molar refractivity (Wildman–Crippen MR) is 102 cm³/mol. The number of carbonyl (C=O) groups is 1. The topological polar surface area (TPSA) is 63.5 Å². The molecule has 1 atom stereocenters. The first-order valence-electron chi connectivity index (χ1n) is 8.43. The van der Waals surface area contributed by atoms with Crippen LogP contribution in [0.5, 0.6) is 0 Å². The normalized spacial score (nSPS) is 11.9. The van der Waals surface area contributed by atoms with Crippen molar-refractivity contribution in [1.29, 1.82) is 0 Å². The number of hydrogen-bond acceptors (Lipinski definition) is 3. The Morgan fingerprint density at radius 2 is 1.77 bits per heavy atom. The van der Waals surface area contributed by atoms with Crippen LogP contribution in [-0.2, 0) is 11.2 Å². The SMILES string of the molecule is C[C@@H](c1cccc([N+](=O)[O-])c1)N(C)C(=O)Cc1ccc2ccccc2c1. The Kier molecular flexibility index (Phi) is 4.98. The fraction of sp³-hybridized carbons (Fsp3) is 0.190. The van der Waals surface area contributed by atoms with E-state index >= 15 is 0 Å². The maximum absolute atomic E-state index is 12.7. The third-order valence-electron chi connectivity index (χ3n) is 4.71. The smallest absolute Gasteiger partial charge is 0.269 e. The van der Waals surface area contributed by atoms with Crippen molar-refractivity contribution in [2.75, 3.05) is 7.05 Å². The van der Waals surface area contributed by atoms with E-state index in [4.69, 9.17) is 0 Å². The van der Waals surface area contributed by atoms with Crippen LogP contribution in [0.4, 0.5) is 5.69 Å². The van der Waals surface area contributed by atoms with Gasteiger partial charge in [-0.15, -0.1) is 0 Å². The van der Waals surface area contributed by atoms with Gasteiger partial charge < -0.3 is 4.90 Å². The Hall–Kier alpha value is -3.21. The number of hydrogen-bond donors (Lipinski definition) is 0. The van der Waals surface area contributed by atoms with Crippen molar-refractivity contribution < 1.29 is 9.72 Å². The molecule has 0 heterocycles. The van der Waals surface area contributed by atoms with Gasteiger partial charge in [0.15, 0.2) is 0 Å². The first kappa shape index (κ1) is 17.6. The number of nitrogens with zero attached hydrogens (tertiary/aromatic N) is 2. The van der Waals surface area contributed by atoms with Crippen LogP contribution in [0, 0.1) is 10.1 Å². The molecule has 3 aromatic carbocycles. The summed E-state index contributed by atoms with van der Waals surface area (Å²) < 4.78 is 0. The number of nitro groups is 1. The monoisotopic (exact) mass is 348 g/mol. The van der Waals surface area contributed by atoms with Gasteiger partial charge in [0.05, 0.1) is 17.4 Å². The van der Waals surface area contributed by atoms with Gasteiger partial charge in [0.25, 0.3) is 5.69 Å². The highest BCUT2D eigenvalue weighted by Gasteiger charge is 2.19. The molecule has 0 radical (unpaired) electrons. The number of amides is 1. The van der Waals surface area contributed by atoms with Crippen LogP contribution in [0.2, 0.25) is 0 Å². The number of rotatable bonds is 5. The van der Waals surface area contributed by atoms with Crippen LogP contribution in [-0.4, -0.2) is 22.8 Å². The van der Waals surface area contributed by atoms with Gasteiger partial charge in [-0.1, -0.05) is 54.6 Å². The lowest BCUT2D eigenvalue weighted by molar-refractivity contribution is -0.384. The van der Waals surface area contributed by atoms with Gasteiger partial charge in [-0.2, -0.15) is 0 Å². The Morgan fingerprint density at radius 3 is 2.50 bits per heavy atom. The van der Waals surface area contributed by atoms with Gasteiger partial charge in [0.2, 0.25) is 5.91 Å². The minimum atomic E-state index is -0.423. The quantitative estimate of drug-likeness (QED) is 0.503. The van der Waals surface area contributed by atoms with Crippen LogP contribution in [0.1, 0.15) is 24.1 Å².